The van der Waals surface area contributed by atoms with Crippen LogP contribution in [-0.2, 0) is 14.3 Å². The molecule has 0 spiro atoms. The average molecular weight is 439 g/mol. The lowest BCUT2D eigenvalue weighted by molar-refractivity contribution is -0.149. The van der Waals surface area contributed by atoms with Crippen molar-refractivity contribution in [1.29, 1.82) is 0 Å². The summed E-state index contributed by atoms with van der Waals surface area (Å²) in [6.45, 7) is 3.26. The molecule has 0 saturated carbocycles. The fourth-order valence-electron chi connectivity index (χ4n) is 1.92. The number of anilines is 1. The molecule has 0 heterocycles. The van der Waals surface area contributed by atoms with Gasteiger partial charge in [-0.3, -0.25) is 4.79 Å². The molecule has 0 aromatic heterocycles. The van der Waals surface area contributed by atoms with Crippen LogP contribution in [0, 0.1) is 17.4 Å². The molecule has 2 aromatic carbocycles. The average Bonchev–Trinajstić information content (AvgIpc) is 2.56. The van der Waals surface area contributed by atoms with E-state index in [1.165, 1.54) is 0 Å². The van der Waals surface area contributed by atoms with Gasteiger partial charge in [0.1, 0.15) is 5.75 Å². The largest absolute Gasteiger partial charge is 0.482 e. The molecule has 0 fully saturated rings. The molecular formula is C18H18INO4. The number of hydrogen-bond donors (Lipinski definition) is 1. The molecule has 2 rings (SSSR count). The summed E-state index contributed by atoms with van der Waals surface area (Å²) in [6.07, 6.45) is 0. The lowest BCUT2D eigenvalue weighted by Crippen LogP contribution is -2.24. The van der Waals surface area contributed by atoms with E-state index in [0.29, 0.717) is 11.4 Å². The first-order valence-electron chi connectivity index (χ1n) is 7.35. The molecule has 0 atom stereocenters. The minimum atomic E-state index is -0.593. The molecule has 0 aliphatic rings. The van der Waals surface area contributed by atoms with Crippen LogP contribution in [0.4, 0.5) is 5.69 Å². The van der Waals surface area contributed by atoms with Crippen LogP contribution in [0.3, 0.4) is 0 Å². The van der Waals surface area contributed by atoms with Crippen LogP contribution in [0.25, 0.3) is 0 Å². The Labute approximate surface area is 154 Å². The number of esters is 1. The van der Waals surface area contributed by atoms with Crippen molar-refractivity contribution in [2.45, 2.75) is 13.8 Å². The highest BCUT2D eigenvalue weighted by Crippen LogP contribution is 2.16. The van der Waals surface area contributed by atoms with Crippen LogP contribution >= 0.6 is 22.6 Å². The smallest absolute Gasteiger partial charge is 0.344 e. The van der Waals surface area contributed by atoms with Gasteiger partial charge in [0.15, 0.2) is 13.2 Å². The zero-order valence-corrected chi connectivity index (χ0v) is 15.6. The van der Waals surface area contributed by atoms with Crippen LogP contribution in [0.15, 0.2) is 42.5 Å². The first-order chi connectivity index (χ1) is 11.4. The molecule has 0 saturated heterocycles. The molecule has 0 aliphatic carbocycles. The van der Waals surface area contributed by atoms with E-state index in [1.807, 2.05) is 44.2 Å². The van der Waals surface area contributed by atoms with E-state index in [2.05, 4.69) is 27.9 Å². The summed E-state index contributed by atoms with van der Waals surface area (Å²) < 4.78 is 11.3. The summed E-state index contributed by atoms with van der Waals surface area (Å²) in [4.78, 5) is 23.5. The molecule has 6 heteroatoms. The number of hydrogen-bond acceptors (Lipinski definition) is 4. The molecule has 2 aromatic rings. The first kappa shape index (κ1) is 18.3. The number of benzene rings is 2. The van der Waals surface area contributed by atoms with E-state index in [-0.39, 0.29) is 19.1 Å². The molecule has 126 valence electrons. The quantitative estimate of drug-likeness (QED) is 0.553. The highest BCUT2D eigenvalue weighted by atomic mass is 127. The van der Waals surface area contributed by atoms with Crippen molar-refractivity contribution in [3.63, 3.8) is 0 Å². The van der Waals surface area contributed by atoms with Crippen molar-refractivity contribution < 1.29 is 19.1 Å². The number of carbonyl (C=O) groups is 2. The number of carbonyl (C=O) groups excluding carboxylic acids is 2. The minimum Gasteiger partial charge on any atom is -0.482 e. The second-order valence-corrected chi connectivity index (χ2v) is 6.52. The van der Waals surface area contributed by atoms with Crippen LogP contribution < -0.4 is 10.1 Å². The number of halogens is 1. The lowest BCUT2D eigenvalue weighted by atomic mass is 10.1. The van der Waals surface area contributed by atoms with Crippen LogP contribution in [0.2, 0.25) is 0 Å². The van der Waals surface area contributed by atoms with E-state index in [1.54, 1.807) is 12.1 Å². The Balaban J connectivity index is 1.75. The molecule has 24 heavy (non-hydrogen) atoms. The molecule has 5 nitrogen and oxygen atoms in total. The number of ether oxygens (including phenoxy) is 2. The second-order valence-electron chi connectivity index (χ2n) is 5.27. The maximum atomic E-state index is 11.9. The van der Waals surface area contributed by atoms with Gasteiger partial charge in [0.05, 0.1) is 0 Å². The summed E-state index contributed by atoms with van der Waals surface area (Å²) >= 11 is 2.18. The minimum absolute atomic E-state index is 0.239. The van der Waals surface area contributed by atoms with Crippen molar-refractivity contribution in [3.8, 4) is 5.75 Å². The van der Waals surface area contributed by atoms with Gasteiger partial charge in [0.25, 0.3) is 5.91 Å². The Morgan fingerprint density at radius 3 is 2.46 bits per heavy atom. The molecule has 1 N–H and O–H groups in total. The van der Waals surface area contributed by atoms with E-state index < -0.39 is 5.97 Å². The second kappa shape index (κ2) is 8.68. The predicted molar refractivity (Wildman–Crippen MR) is 100 cm³/mol. The third-order valence-electron chi connectivity index (χ3n) is 3.20. The predicted octanol–water partition coefficient (Wildman–Crippen LogP) is 3.47. The maximum Gasteiger partial charge on any atom is 0.344 e. The summed E-state index contributed by atoms with van der Waals surface area (Å²) in [7, 11) is 0. The number of nitrogens with one attached hydrogen (secondary N) is 1. The van der Waals surface area contributed by atoms with Crippen molar-refractivity contribution in [2.24, 2.45) is 0 Å². The van der Waals surface area contributed by atoms with Crippen LogP contribution in [-0.4, -0.2) is 25.1 Å². The fourth-order valence-corrected chi connectivity index (χ4v) is 2.28. The summed E-state index contributed by atoms with van der Waals surface area (Å²) in [6, 6.07) is 13.0. The van der Waals surface area contributed by atoms with E-state index >= 15 is 0 Å². The standard InChI is InChI=1S/C18H18INO4/c1-12-3-4-13(2)16(9-12)20-17(21)10-24-18(22)11-23-15-7-5-14(19)6-8-15/h3-9H,10-11H2,1-2H3,(H,20,21). The molecule has 0 unspecified atom stereocenters. The first-order valence-corrected chi connectivity index (χ1v) is 8.43. The summed E-state index contributed by atoms with van der Waals surface area (Å²) in [5, 5.41) is 2.73. The summed E-state index contributed by atoms with van der Waals surface area (Å²) in [5.74, 6) is -0.400. The van der Waals surface area contributed by atoms with E-state index in [9.17, 15) is 9.59 Å². The zero-order chi connectivity index (χ0) is 17.5. The number of aryl methyl sites for hydroxylation is 2. The number of amides is 1. The monoisotopic (exact) mass is 439 g/mol. The van der Waals surface area contributed by atoms with Gasteiger partial charge in [0, 0.05) is 9.26 Å². The van der Waals surface area contributed by atoms with Gasteiger partial charge in [-0.15, -0.1) is 0 Å². The van der Waals surface area contributed by atoms with Crippen molar-refractivity contribution in [1.82, 2.24) is 0 Å². The van der Waals surface area contributed by atoms with Crippen molar-refractivity contribution in [3.05, 3.63) is 57.2 Å². The van der Waals surface area contributed by atoms with E-state index in [4.69, 9.17) is 9.47 Å². The Bertz CT molecular complexity index is 728. The van der Waals surface area contributed by atoms with Gasteiger partial charge < -0.3 is 14.8 Å². The van der Waals surface area contributed by atoms with Gasteiger partial charge in [-0.25, -0.2) is 4.79 Å². The molecule has 1 amide bonds. The third-order valence-corrected chi connectivity index (χ3v) is 3.92. The van der Waals surface area contributed by atoms with Gasteiger partial charge in [0.2, 0.25) is 0 Å². The van der Waals surface area contributed by atoms with Gasteiger partial charge in [-0.2, -0.15) is 0 Å². The topological polar surface area (TPSA) is 64.6 Å². The van der Waals surface area contributed by atoms with Crippen LogP contribution in [0.5, 0.6) is 5.75 Å². The fraction of sp³-hybridized carbons (Fsp3) is 0.222. The maximum absolute atomic E-state index is 11.9. The Morgan fingerprint density at radius 1 is 1.04 bits per heavy atom. The third kappa shape index (κ3) is 5.84. The Hall–Kier alpha value is -2.09. The normalized spacial score (nSPS) is 10.1. The SMILES string of the molecule is Cc1ccc(C)c(NC(=O)COC(=O)COc2ccc(I)cc2)c1. The highest BCUT2D eigenvalue weighted by Gasteiger charge is 2.10. The van der Waals surface area contributed by atoms with Crippen LogP contribution in [0.1, 0.15) is 11.1 Å². The molecular weight excluding hydrogens is 421 g/mol. The van der Waals surface area contributed by atoms with Crippen molar-refractivity contribution in [2.75, 3.05) is 18.5 Å². The Kier molecular flexibility index (Phi) is 6.60. The Morgan fingerprint density at radius 2 is 1.75 bits per heavy atom. The van der Waals surface area contributed by atoms with Crippen molar-refractivity contribution >= 4 is 40.2 Å². The number of rotatable bonds is 6. The lowest BCUT2D eigenvalue weighted by Gasteiger charge is -2.10. The van der Waals surface area contributed by atoms with Gasteiger partial charge in [-0.1, -0.05) is 12.1 Å². The summed E-state index contributed by atoms with van der Waals surface area (Å²) in [5.41, 5.74) is 2.70. The van der Waals surface area contributed by atoms with E-state index in [0.717, 1.165) is 14.7 Å². The highest BCUT2D eigenvalue weighted by molar-refractivity contribution is 14.1. The van der Waals surface area contributed by atoms with Gasteiger partial charge in [-0.05, 0) is 77.9 Å². The molecule has 0 aliphatic heterocycles. The van der Waals surface area contributed by atoms with Gasteiger partial charge >= 0.3 is 5.97 Å². The molecule has 0 bridgehead atoms. The molecule has 0 radical (unpaired) electrons. The zero-order valence-electron chi connectivity index (χ0n) is 13.5.